The number of nitrogens with zero attached hydrogens (tertiary/aromatic N) is 3. The summed E-state index contributed by atoms with van der Waals surface area (Å²) in [4.78, 5) is 7.35. The Morgan fingerprint density at radius 3 is 2.12 bits per heavy atom. The van der Waals surface area contributed by atoms with Gasteiger partial charge in [-0.1, -0.05) is 40.9 Å². The molecule has 2 aromatic carbocycles. The minimum absolute atomic E-state index is 0.438. The van der Waals surface area contributed by atoms with Gasteiger partial charge in [-0.3, -0.25) is 0 Å². The molecule has 1 aliphatic rings. The van der Waals surface area contributed by atoms with Gasteiger partial charge in [-0.2, -0.15) is 4.31 Å². The van der Waals surface area contributed by atoms with Gasteiger partial charge in [0.1, 0.15) is 0 Å². The molecular weight excluding hydrogens is 485 g/mol. The second-order valence-corrected chi connectivity index (χ2v) is 11.8. The maximum absolute atomic E-state index is 13.3. The average molecular weight is 511 g/mol. The molecule has 0 spiro atoms. The van der Waals surface area contributed by atoms with E-state index in [0.717, 1.165) is 33.1 Å². The van der Waals surface area contributed by atoms with Crippen LogP contribution >= 0.6 is 34.5 Å². The predicted octanol–water partition coefficient (Wildman–Crippen LogP) is 5.48. The lowest BCUT2D eigenvalue weighted by Crippen LogP contribution is -2.48. The lowest BCUT2D eigenvalue weighted by atomic mass is 10.1. The normalized spacial score (nSPS) is 15.3. The fourth-order valence-corrected chi connectivity index (χ4v) is 7.55. The molecule has 0 saturated carbocycles. The van der Waals surface area contributed by atoms with Crippen molar-refractivity contribution < 1.29 is 8.42 Å². The molecule has 0 aliphatic carbocycles. The van der Waals surface area contributed by atoms with Crippen LogP contribution in [0.2, 0.25) is 10.0 Å². The summed E-state index contributed by atoms with van der Waals surface area (Å²) in [7, 11) is -3.52. The maximum Gasteiger partial charge on any atom is 0.243 e. The summed E-state index contributed by atoms with van der Waals surface area (Å²) in [5, 5.41) is 4.17. The van der Waals surface area contributed by atoms with Crippen LogP contribution in [0, 0.1) is 20.8 Å². The third-order valence-corrected chi connectivity index (χ3v) is 9.15. The minimum Gasteiger partial charge on any atom is -0.345 e. The Hall–Kier alpha value is -1.64. The molecule has 0 amide bonds. The molecule has 4 rings (SSSR count). The third-order valence-electron chi connectivity index (χ3n) is 5.56. The fraction of sp³-hybridized carbons (Fsp3) is 0.348. The van der Waals surface area contributed by atoms with E-state index in [4.69, 9.17) is 28.2 Å². The van der Waals surface area contributed by atoms with Gasteiger partial charge in [-0.05, 0) is 55.7 Å². The Kier molecular flexibility index (Phi) is 6.84. The van der Waals surface area contributed by atoms with Crippen LogP contribution in [0.25, 0.3) is 0 Å². The van der Waals surface area contributed by atoms with Crippen molar-refractivity contribution in [1.29, 1.82) is 0 Å². The quantitative estimate of drug-likeness (QED) is 0.457. The highest BCUT2D eigenvalue weighted by Crippen LogP contribution is 2.29. The number of anilines is 1. The van der Waals surface area contributed by atoms with Crippen LogP contribution in [0.4, 0.5) is 5.13 Å². The molecule has 0 N–H and O–H groups in total. The van der Waals surface area contributed by atoms with Crippen molar-refractivity contribution in [2.24, 2.45) is 0 Å². The average Bonchev–Trinajstić information content (AvgIpc) is 3.14. The van der Waals surface area contributed by atoms with Gasteiger partial charge in [0.05, 0.1) is 10.6 Å². The predicted molar refractivity (Wildman–Crippen MR) is 133 cm³/mol. The van der Waals surface area contributed by atoms with Crippen LogP contribution < -0.4 is 4.90 Å². The van der Waals surface area contributed by atoms with Crippen molar-refractivity contribution in [2.75, 3.05) is 31.1 Å². The number of hydrogen-bond acceptors (Lipinski definition) is 5. The highest BCUT2D eigenvalue weighted by Gasteiger charge is 2.31. The number of aromatic nitrogens is 1. The van der Waals surface area contributed by atoms with Crippen molar-refractivity contribution in [3.05, 3.63) is 73.7 Å². The summed E-state index contributed by atoms with van der Waals surface area (Å²) in [6.07, 6.45) is 0.650. The Morgan fingerprint density at radius 2 is 1.53 bits per heavy atom. The summed E-state index contributed by atoms with van der Waals surface area (Å²) < 4.78 is 28.2. The zero-order valence-corrected chi connectivity index (χ0v) is 21.4. The molecule has 170 valence electrons. The van der Waals surface area contributed by atoms with Crippen LogP contribution in [0.3, 0.4) is 0 Å². The SMILES string of the molecule is Cc1cc(C)c(S(=O)(=O)N2CCN(c3nc(Cc4cc(Cl)cc(Cl)c4)cs3)CC2)c(C)c1. The fourth-order valence-electron chi connectivity index (χ4n) is 4.27. The van der Waals surface area contributed by atoms with Crippen LogP contribution in [0.5, 0.6) is 0 Å². The number of sulfonamides is 1. The molecule has 5 nitrogen and oxygen atoms in total. The third kappa shape index (κ3) is 4.97. The number of benzene rings is 2. The lowest BCUT2D eigenvalue weighted by Gasteiger charge is -2.34. The Bertz CT molecular complexity index is 1210. The molecule has 9 heteroatoms. The van der Waals surface area contributed by atoms with Gasteiger partial charge in [0, 0.05) is 48.0 Å². The summed E-state index contributed by atoms with van der Waals surface area (Å²) >= 11 is 13.8. The standard InChI is InChI=1S/C23H25Cl2N3O2S2/c1-15-8-16(2)22(17(3)9-15)32(29,30)28-6-4-27(5-7-28)23-26-21(14-31-23)12-18-10-19(24)13-20(25)11-18/h8-11,13-14H,4-7,12H2,1-3H3. The largest absolute Gasteiger partial charge is 0.345 e. The van der Waals surface area contributed by atoms with Gasteiger partial charge in [0.25, 0.3) is 0 Å². The Balaban J connectivity index is 1.44. The van der Waals surface area contributed by atoms with Crippen LogP contribution in [0.15, 0.2) is 40.6 Å². The number of piperazine rings is 1. The van der Waals surface area contributed by atoms with Gasteiger partial charge in [0.2, 0.25) is 10.0 Å². The van der Waals surface area contributed by atoms with Gasteiger partial charge >= 0.3 is 0 Å². The second-order valence-electron chi connectivity index (χ2n) is 8.19. The van der Waals surface area contributed by atoms with Crippen molar-refractivity contribution in [1.82, 2.24) is 9.29 Å². The molecule has 2 heterocycles. The smallest absolute Gasteiger partial charge is 0.243 e. The van der Waals surface area contributed by atoms with E-state index in [-0.39, 0.29) is 0 Å². The molecule has 0 radical (unpaired) electrons. The van der Waals surface area contributed by atoms with Crippen molar-refractivity contribution >= 4 is 49.7 Å². The van der Waals surface area contributed by atoms with E-state index in [1.165, 1.54) is 0 Å². The van der Waals surface area contributed by atoms with E-state index in [0.29, 0.717) is 47.5 Å². The Morgan fingerprint density at radius 1 is 0.938 bits per heavy atom. The highest BCUT2D eigenvalue weighted by atomic mass is 35.5. The summed E-state index contributed by atoms with van der Waals surface area (Å²) in [6.45, 7) is 7.82. The first kappa shape index (κ1) is 23.5. The monoisotopic (exact) mass is 509 g/mol. The molecule has 1 aromatic heterocycles. The van der Waals surface area contributed by atoms with Crippen LogP contribution in [-0.4, -0.2) is 43.9 Å². The number of hydrogen-bond donors (Lipinski definition) is 0. The van der Waals surface area contributed by atoms with Gasteiger partial charge < -0.3 is 4.90 Å². The molecule has 1 saturated heterocycles. The van der Waals surface area contributed by atoms with E-state index in [1.54, 1.807) is 21.7 Å². The summed E-state index contributed by atoms with van der Waals surface area (Å²) in [5.41, 5.74) is 4.64. The first-order valence-electron chi connectivity index (χ1n) is 10.4. The van der Waals surface area contributed by atoms with Gasteiger partial charge in [-0.25, -0.2) is 13.4 Å². The maximum atomic E-state index is 13.3. The molecule has 3 aromatic rings. The minimum atomic E-state index is -3.52. The zero-order valence-electron chi connectivity index (χ0n) is 18.2. The molecular formula is C23H25Cl2N3O2S2. The zero-order chi connectivity index (χ0) is 23.0. The van der Waals surface area contributed by atoms with E-state index in [1.807, 2.05) is 50.4 Å². The number of rotatable bonds is 5. The number of thiazole rings is 1. The molecule has 0 atom stereocenters. The molecule has 0 bridgehead atoms. The molecule has 1 aliphatic heterocycles. The highest BCUT2D eigenvalue weighted by molar-refractivity contribution is 7.89. The topological polar surface area (TPSA) is 53.5 Å². The lowest BCUT2D eigenvalue weighted by molar-refractivity contribution is 0.384. The first-order chi connectivity index (χ1) is 15.1. The Labute approximate surface area is 203 Å². The number of halogens is 2. The molecule has 0 unspecified atom stereocenters. The van der Waals surface area contributed by atoms with Gasteiger partial charge in [0.15, 0.2) is 5.13 Å². The van der Waals surface area contributed by atoms with Crippen molar-refractivity contribution in [3.63, 3.8) is 0 Å². The number of aryl methyl sites for hydroxylation is 3. The van der Waals surface area contributed by atoms with E-state index in [9.17, 15) is 8.42 Å². The van der Waals surface area contributed by atoms with Crippen LogP contribution in [-0.2, 0) is 16.4 Å². The van der Waals surface area contributed by atoms with Crippen LogP contribution in [0.1, 0.15) is 27.9 Å². The van der Waals surface area contributed by atoms with E-state index >= 15 is 0 Å². The van der Waals surface area contributed by atoms with E-state index in [2.05, 4.69) is 4.90 Å². The first-order valence-corrected chi connectivity index (χ1v) is 13.4. The van der Waals surface area contributed by atoms with Crippen molar-refractivity contribution in [2.45, 2.75) is 32.1 Å². The summed E-state index contributed by atoms with van der Waals surface area (Å²) in [6, 6.07) is 9.36. The summed E-state index contributed by atoms with van der Waals surface area (Å²) in [5.74, 6) is 0. The second kappa shape index (κ2) is 9.31. The van der Waals surface area contributed by atoms with E-state index < -0.39 is 10.0 Å². The van der Waals surface area contributed by atoms with Crippen molar-refractivity contribution in [3.8, 4) is 0 Å². The van der Waals surface area contributed by atoms with Gasteiger partial charge in [-0.15, -0.1) is 11.3 Å². The molecule has 32 heavy (non-hydrogen) atoms. The molecule has 1 fully saturated rings.